The zero-order valence-electron chi connectivity index (χ0n) is 12.3. The van der Waals surface area contributed by atoms with E-state index in [9.17, 15) is 5.11 Å². The average molecular weight is 279 g/mol. The Morgan fingerprint density at radius 2 is 2.35 bits per heavy atom. The van der Waals surface area contributed by atoms with Crippen molar-refractivity contribution in [3.63, 3.8) is 0 Å². The maximum atomic E-state index is 9.90. The molecule has 0 amide bonds. The summed E-state index contributed by atoms with van der Waals surface area (Å²) >= 11 is 0. The molecule has 0 spiro atoms. The fourth-order valence-corrected chi connectivity index (χ4v) is 2.44. The molecule has 1 aliphatic heterocycles. The highest BCUT2D eigenvalue weighted by molar-refractivity contribution is 5.27. The molecule has 2 rings (SSSR count). The lowest BCUT2D eigenvalue weighted by Gasteiger charge is -2.17. The number of aliphatic hydroxyl groups excluding tert-OH is 1. The van der Waals surface area contributed by atoms with Crippen LogP contribution in [0.15, 0.2) is 24.3 Å². The van der Waals surface area contributed by atoms with Gasteiger partial charge in [0, 0.05) is 19.7 Å². The second-order valence-corrected chi connectivity index (χ2v) is 5.56. The molecule has 0 saturated carbocycles. The van der Waals surface area contributed by atoms with Crippen LogP contribution >= 0.6 is 0 Å². The molecule has 4 heteroatoms. The van der Waals surface area contributed by atoms with Crippen molar-refractivity contribution in [2.75, 3.05) is 26.3 Å². The summed E-state index contributed by atoms with van der Waals surface area (Å²) in [6.07, 6.45) is 0.931. The Morgan fingerprint density at radius 1 is 1.50 bits per heavy atom. The quantitative estimate of drug-likeness (QED) is 0.798. The minimum absolute atomic E-state index is 0.313. The average Bonchev–Trinajstić information content (AvgIpc) is 2.82. The van der Waals surface area contributed by atoms with Gasteiger partial charge in [-0.05, 0) is 43.9 Å². The van der Waals surface area contributed by atoms with E-state index in [2.05, 4.69) is 12.2 Å². The van der Waals surface area contributed by atoms with E-state index in [-0.39, 0.29) is 0 Å². The van der Waals surface area contributed by atoms with Crippen molar-refractivity contribution < 1.29 is 14.6 Å². The topological polar surface area (TPSA) is 50.7 Å². The first-order valence-corrected chi connectivity index (χ1v) is 7.35. The molecule has 0 aliphatic carbocycles. The molecular formula is C16H25NO3. The Kier molecular flexibility index (Phi) is 5.83. The Bertz CT molecular complexity index is 410. The van der Waals surface area contributed by atoms with Crippen LogP contribution in [-0.4, -0.2) is 43.6 Å². The van der Waals surface area contributed by atoms with Crippen molar-refractivity contribution in [3.05, 3.63) is 29.8 Å². The van der Waals surface area contributed by atoms with Crippen molar-refractivity contribution in [1.82, 2.24) is 5.32 Å². The molecule has 1 saturated heterocycles. The molecule has 0 radical (unpaired) electrons. The summed E-state index contributed by atoms with van der Waals surface area (Å²) in [6.45, 7) is 6.74. The molecule has 3 unspecified atom stereocenters. The van der Waals surface area contributed by atoms with Gasteiger partial charge in [0.2, 0.25) is 0 Å². The molecular weight excluding hydrogens is 254 g/mol. The van der Waals surface area contributed by atoms with E-state index in [0.717, 1.165) is 30.9 Å². The standard InChI is InChI=1S/C16H25NO3/c1-12-4-3-5-16(8-12)20-11-15(18)10-17-9-14-6-7-19-13(14)2/h3-5,8,13-15,17-18H,6-7,9-11H2,1-2H3. The fourth-order valence-electron chi connectivity index (χ4n) is 2.44. The zero-order valence-corrected chi connectivity index (χ0v) is 12.3. The Balaban J connectivity index is 1.61. The van der Waals surface area contributed by atoms with Gasteiger partial charge < -0.3 is 19.9 Å². The van der Waals surface area contributed by atoms with Crippen LogP contribution in [0, 0.1) is 12.8 Å². The molecule has 1 aliphatic rings. The van der Waals surface area contributed by atoms with Crippen LogP contribution in [0.3, 0.4) is 0 Å². The zero-order chi connectivity index (χ0) is 14.4. The van der Waals surface area contributed by atoms with Gasteiger partial charge in [-0.3, -0.25) is 0 Å². The molecule has 1 fully saturated rings. The highest BCUT2D eigenvalue weighted by atomic mass is 16.5. The largest absolute Gasteiger partial charge is 0.491 e. The van der Waals surface area contributed by atoms with E-state index in [1.807, 2.05) is 31.2 Å². The number of hydrogen-bond acceptors (Lipinski definition) is 4. The Morgan fingerprint density at radius 3 is 3.05 bits per heavy atom. The van der Waals surface area contributed by atoms with Crippen molar-refractivity contribution in [2.45, 2.75) is 32.5 Å². The van der Waals surface area contributed by atoms with Gasteiger partial charge in [-0.1, -0.05) is 12.1 Å². The Hall–Kier alpha value is -1.10. The monoisotopic (exact) mass is 279 g/mol. The molecule has 1 aromatic carbocycles. The number of ether oxygens (including phenoxy) is 2. The summed E-state index contributed by atoms with van der Waals surface area (Å²) in [7, 11) is 0. The van der Waals surface area contributed by atoms with Crippen LogP contribution in [0.1, 0.15) is 18.9 Å². The van der Waals surface area contributed by atoms with Crippen molar-refractivity contribution in [2.24, 2.45) is 5.92 Å². The number of benzene rings is 1. The summed E-state index contributed by atoms with van der Waals surface area (Å²) in [4.78, 5) is 0. The van der Waals surface area contributed by atoms with Gasteiger partial charge >= 0.3 is 0 Å². The Labute approximate surface area is 121 Å². The molecule has 112 valence electrons. The fraction of sp³-hybridized carbons (Fsp3) is 0.625. The van der Waals surface area contributed by atoms with Gasteiger partial charge in [-0.25, -0.2) is 0 Å². The van der Waals surface area contributed by atoms with Crippen LogP contribution in [0.4, 0.5) is 0 Å². The maximum absolute atomic E-state index is 9.90. The summed E-state index contributed by atoms with van der Waals surface area (Å²) in [5.41, 5.74) is 1.16. The molecule has 0 bridgehead atoms. The predicted octanol–water partition coefficient (Wildman–Crippen LogP) is 1.75. The molecule has 4 nitrogen and oxygen atoms in total. The third kappa shape index (κ3) is 4.78. The third-order valence-electron chi connectivity index (χ3n) is 3.75. The minimum atomic E-state index is -0.492. The van der Waals surface area contributed by atoms with E-state index < -0.39 is 6.10 Å². The summed E-state index contributed by atoms with van der Waals surface area (Å²) in [5.74, 6) is 1.36. The number of hydrogen-bond donors (Lipinski definition) is 2. The van der Waals surface area contributed by atoms with Crippen LogP contribution < -0.4 is 10.1 Å². The van der Waals surface area contributed by atoms with Gasteiger partial charge in [-0.2, -0.15) is 0 Å². The van der Waals surface area contributed by atoms with Gasteiger partial charge in [0.1, 0.15) is 18.5 Å². The summed E-state index contributed by atoms with van der Waals surface area (Å²) in [6, 6.07) is 7.86. The SMILES string of the molecule is Cc1cccc(OCC(O)CNCC2CCOC2C)c1. The van der Waals surface area contributed by atoms with E-state index in [1.165, 1.54) is 0 Å². The predicted molar refractivity (Wildman–Crippen MR) is 79.1 cm³/mol. The van der Waals surface area contributed by atoms with Crippen LogP contribution in [0.25, 0.3) is 0 Å². The van der Waals surface area contributed by atoms with Gasteiger partial charge in [0.25, 0.3) is 0 Å². The first-order valence-electron chi connectivity index (χ1n) is 7.35. The lowest BCUT2D eigenvalue weighted by atomic mass is 10.0. The number of nitrogens with one attached hydrogen (secondary N) is 1. The highest BCUT2D eigenvalue weighted by Gasteiger charge is 2.23. The van der Waals surface area contributed by atoms with Crippen LogP contribution in [0.5, 0.6) is 5.75 Å². The van der Waals surface area contributed by atoms with E-state index in [0.29, 0.717) is 25.2 Å². The van der Waals surface area contributed by atoms with E-state index in [4.69, 9.17) is 9.47 Å². The van der Waals surface area contributed by atoms with Gasteiger partial charge in [0.05, 0.1) is 6.10 Å². The lowest BCUT2D eigenvalue weighted by molar-refractivity contribution is 0.0946. The molecule has 1 heterocycles. The summed E-state index contributed by atoms with van der Waals surface area (Å²) < 4.78 is 11.1. The van der Waals surface area contributed by atoms with Gasteiger partial charge in [-0.15, -0.1) is 0 Å². The van der Waals surface area contributed by atoms with E-state index in [1.54, 1.807) is 0 Å². The molecule has 3 atom stereocenters. The molecule has 20 heavy (non-hydrogen) atoms. The van der Waals surface area contributed by atoms with Crippen molar-refractivity contribution in [3.8, 4) is 5.75 Å². The highest BCUT2D eigenvalue weighted by Crippen LogP contribution is 2.19. The van der Waals surface area contributed by atoms with Crippen LogP contribution in [-0.2, 0) is 4.74 Å². The third-order valence-corrected chi connectivity index (χ3v) is 3.75. The first kappa shape index (κ1) is 15.3. The second kappa shape index (κ2) is 7.62. The molecule has 0 aromatic heterocycles. The minimum Gasteiger partial charge on any atom is -0.491 e. The van der Waals surface area contributed by atoms with Crippen LogP contribution in [0.2, 0.25) is 0 Å². The molecule has 2 N–H and O–H groups in total. The molecule has 1 aromatic rings. The van der Waals surface area contributed by atoms with Crippen molar-refractivity contribution >= 4 is 0 Å². The summed E-state index contributed by atoms with van der Waals surface area (Å²) in [5, 5.41) is 13.2. The normalized spacial score (nSPS) is 23.8. The number of aliphatic hydroxyl groups is 1. The smallest absolute Gasteiger partial charge is 0.119 e. The first-order chi connectivity index (χ1) is 9.65. The van der Waals surface area contributed by atoms with Crippen molar-refractivity contribution in [1.29, 1.82) is 0 Å². The number of aryl methyl sites for hydroxylation is 1. The maximum Gasteiger partial charge on any atom is 0.119 e. The lowest BCUT2D eigenvalue weighted by Crippen LogP contribution is -2.35. The number of rotatable bonds is 7. The second-order valence-electron chi connectivity index (χ2n) is 5.56. The van der Waals surface area contributed by atoms with E-state index >= 15 is 0 Å². The van der Waals surface area contributed by atoms with Gasteiger partial charge in [0.15, 0.2) is 0 Å².